The van der Waals surface area contributed by atoms with Crippen LogP contribution in [0.5, 0.6) is 5.75 Å². The highest BCUT2D eigenvalue weighted by Crippen LogP contribution is 2.51. The van der Waals surface area contributed by atoms with Crippen molar-refractivity contribution in [2.24, 2.45) is 5.92 Å². The topological polar surface area (TPSA) is 72.9 Å². The highest BCUT2D eigenvalue weighted by atomic mass is 32.2. The van der Waals surface area contributed by atoms with Crippen molar-refractivity contribution in [3.05, 3.63) is 29.3 Å². The number of hydrogen-bond donors (Lipinski definition) is 2. The van der Waals surface area contributed by atoms with Gasteiger partial charge in [-0.2, -0.15) is 12.7 Å². The van der Waals surface area contributed by atoms with Crippen LogP contribution in [-0.2, 0) is 22.0 Å². The second-order valence-corrected chi connectivity index (χ2v) is 9.69. The summed E-state index contributed by atoms with van der Waals surface area (Å²) in [5.41, 5.74) is 2.38. The maximum atomic E-state index is 12.0. The lowest BCUT2D eigenvalue weighted by Crippen LogP contribution is -2.58. The van der Waals surface area contributed by atoms with E-state index in [2.05, 4.69) is 23.6 Å². The first-order chi connectivity index (χ1) is 11.7. The maximum absolute atomic E-state index is 12.0. The first-order valence-electron chi connectivity index (χ1n) is 8.87. The smallest absolute Gasteiger partial charge is 0.278 e. The number of nitrogens with one attached hydrogen (secondary N) is 1. The van der Waals surface area contributed by atoms with E-state index < -0.39 is 10.2 Å². The number of benzene rings is 1. The fourth-order valence-electron chi connectivity index (χ4n) is 4.68. The molecular formula is C18H29N3O3S. The van der Waals surface area contributed by atoms with Crippen molar-refractivity contribution in [1.29, 1.82) is 0 Å². The molecule has 0 amide bonds. The highest BCUT2D eigenvalue weighted by Gasteiger charge is 2.50. The van der Waals surface area contributed by atoms with Crippen molar-refractivity contribution < 1.29 is 13.5 Å². The van der Waals surface area contributed by atoms with Gasteiger partial charge in [-0.1, -0.05) is 13.0 Å². The molecule has 3 rings (SSSR count). The standard InChI is InChI=1S/C18H29N3O3S/c1-13-17-11-14-5-6-15(22)12-16(14)18(13,8-10-21(17)4)7-9-19-25(23,24)20(2)3/h5-6,12-13,17,19,22H,7-11H2,1-4H3/t13-,17+,18-/m0/s1. The van der Waals surface area contributed by atoms with E-state index >= 15 is 0 Å². The number of phenolic OH excluding ortho intramolecular Hbond substituents is 1. The van der Waals surface area contributed by atoms with Gasteiger partial charge < -0.3 is 10.0 Å². The number of phenols is 1. The van der Waals surface area contributed by atoms with Gasteiger partial charge in [0.15, 0.2) is 0 Å². The Balaban J connectivity index is 1.92. The Morgan fingerprint density at radius 2 is 2.12 bits per heavy atom. The Morgan fingerprint density at radius 3 is 2.80 bits per heavy atom. The van der Waals surface area contributed by atoms with E-state index in [0.717, 1.165) is 25.8 Å². The molecule has 1 heterocycles. The minimum Gasteiger partial charge on any atom is -0.508 e. The van der Waals surface area contributed by atoms with Crippen molar-refractivity contribution in [1.82, 2.24) is 13.9 Å². The van der Waals surface area contributed by atoms with Crippen LogP contribution < -0.4 is 4.72 Å². The lowest BCUT2D eigenvalue weighted by molar-refractivity contribution is 0.0366. The Hall–Kier alpha value is -1.15. The molecule has 2 aliphatic rings. The van der Waals surface area contributed by atoms with Crippen LogP contribution in [0, 0.1) is 5.92 Å². The van der Waals surface area contributed by atoms with E-state index in [-0.39, 0.29) is 11.2 Å². The van der Waals surface area contributed by atoms with Gasteiger partial charge >= 0.3 is 0 Å². The summed E-state index contributed by atoms with van der Waals surface area (Å²) < 4.78 is 28.0. The molecule has 1 aromatic carbocycles. The van der Waals surface area contributed by atoms with Crippen LogP contribution in [-0.4, -0.2) is 63.0 Å². The molecule has 3 atom stereocenters. The zero-order valence-electron chi connectivity index (χ0n) is 15.5. The first-order valence-corrected chi connectivity index (χ1v) is 10.3. The van der Waals surface area contributed by atoms with Gasteiger partial charge in [0.1, 0.15) is 5.75 Å². The summed E-state index contributed by atoms with van der Waals surface area (Å²) in [6, 6.07) is 6.14. The highest BCUT2D eigenvalue weighted by molar-refractivity contribution is 7.87. The molecule has 140 valence electrons. The van der Waals surface area contributed by atoms with Gasteiger partial charge in [-0.15, -0.1) is 0 Å². The number of likely N-dealkylation sites (N-methyl/N-ethyl adjacent to an activating group) is 1. The van der Waals surface area contributed by atoms with Crippen molar-refractivity contribution in [3.8, 4) is 5.75 Å². The van der Waals surface area contributed by atoms with E-state index in [0.29, 0.717) is 18.5 Å². The number of aromatic hydroxyl groups is 1. The van der Waals surface area contributed by atoms with E-state index in [1.165, 1.54) is 29.5 Å². The van der Waals surface area contributed by atoms with Gasteiger partial charge in [0.2, 0.25) is 0 Å². The number of fused-ring (bicyclic) bond motifs is 4. The van der Waals surface area contributed by atoms with E-state index in [9.17, 15) is 13.5 Å². The van der Waals surface area contributed by atoms with Crippen LogP contribution in [0.4, 0.5) is 0 Å². The molecule has 2 bridgehead atoms. The molecule has 25 heavy (non-hydrogen) atoms. The van der Waals surface area contributed by atoms with Gasteiger partial charge in [-0.3, -0.25) is 0 Å². The zero-order valence-corrected chi connectivity index (χ0v) is 16.3. The van der Waals surface area contributed by atoms with Crippen molar-refractivity contribution in [2.75, 3.05) is 34.2 Å². The Morgan fingerprint density at radius 1 is 1.40 bits per heavy atom. The summed E-state index contributed by atoms with van der Waals surface area (Å²) in [5.74, 6) is 0.695. The Kier molecular flexibility index (Phi) is 4.87. The Bertz CT molecular complexity index is 750. The summed E-state index contributed by atoms with van der Waals surface area (Å²) in [6.45, 7) is 3.66. The van der Waals surface area contributed by atoms with Crippen molar-refractivity contribution in [2.45, 2.75) is 37.6 Å². The molecule has 1 saturated heterocycles. The number of piperidine rings is 1. The average Bonchev–Trinajstić information content (AvgIpc) is 2.54. The second kappa shape index (κ2) is 6.54. The van der Waals surface area contributed by atoms with Gasteiger partial charge in [0.25, 0.3) is 10.2 Å². The van der Waals surface area contributed by atoms with Crippen LogP contribution in [0.25, 0.3) is 0 Å². The molecule has 0 aromatic heterocycles. The third-order valence-corrected chi connectivity index (χ3v) is 7.85. The average molecular weight is 368 g/mol. The quantitative estimate of drug-likeness (QED) is 0.823. The van der Waals surface area contributed by atoms with E-state index in [1.807, 2.05) is 12.1 Å². The minimum absolute atomic E-state index is 0.0989. The number of nitrogens with zero attached hydrogens (tertiary/aromatic N) is 2. The number of likely N-dealkylation sites (tertiary alicyclic amines) is 1. The summed E-state index contributed by atoms with van der Waals surface area (Å²) in [5, 5.41) is 10.0. The summed E-state index contributed by atoms with van der Waals surface area (Å²) in [4.78, 5) is 2.42. The van der Waals surface area contributed by atoms with Crippen molar-refractivity contribution >= 4 is 10.2 Å². The normalized spacial score (nSPS) is 29.6. The molecule has 2 N–H and O–H groups in total. The third-order valence-electron chi connectivity index (χ3n) is 6.32. The lowest BCUT2D eigenvalue weighted by atomic mass is 9.56. The molecule has 0 unspecified atom stereocenters. The minimum atomic E-state index is -3.42. The summed E-state index contributed by atoms with van der Waals surface area (Å²) in [6.07, 6.45) is 2.70. The summed E-state index contributed by atoms with van der Waals surface area (Å²) >= 11 is 0. The Labute approximate surface area is 151 Å². The molecule has 7 heteroatoms. The molecule has 0 saturated carbocycles. The van der Waals surface area contributed by atoms with Crippen LogP contribution in [0.1, 0.15) is 30.9 Å². The van der Waals surface area contributed by atoms with Gasteiger partial charge in [-0.05, 0) is 62.0 Å². The fraction of sp³-hybridized carbons (Fsp3) is 0.667. The largest absolute Gasteiger partial charge is 0.508 e. The SMILES string of the molecule is C[C@H]1[C@H]2Cc3ccc(O)cc3[C@@]1(CCNS(=O)(=O)N(C)C)CCN2C. The van der Waals surface area contributed by atoms with Gasteiger partial charge in [0.05, 0.1) is 0 Å². The van der Waals surface area contributed by atoms with Gasteiger partial charge in [-0.25, -0.2) is 4.72 Å². The van der Waals surface area contributed by atoms with E-state index in [4.69, 9.17) is 0 Å². The molecule has 1 aliphatic heterocycles. The van der Waals surface area contributed by atoms with Gasteiger partial charge in [0, 0.05) is 32.1 Å². The predicted molar refractivity (Wildman–Crippen MR) is 98.9 cm³/mol. The number of hydrogen-bond acceptors (Lipinski definition) is 4. The van der Waals surface area contributed by atoms with Crippen LogP contribution in [0.15, 0.2) is 18.2 Å². The van der Waals surface area contributed by atoms with E-state index in [1.54, 1.807) is 6.07 Å². The van der Waals surface area contributed by atoms with Crippen LogP contribution in [0.3, 0.4) is 0 Å². The predicted octanol–water partition coefficient (Wildman–Crippen LogP) is 1.31. The summed E-state index contributed by atoms with van der Waals surface area (Å²) in [7, 11) is 1.81. The molecular weight excluding hydrogens is 338 g/mol. The monoisotopic (exact) mass is 367 g/mol. The third kappa shape index (κ3) is 3.18. The second-order valence-electron chi connectivity index (χ2n) is 7.72. The van der Waals surface area contributed by atoms with Crippen LogP contribution in [0.2, 0.25) is 0 Å². The maximum Gasteiger partial charge on any atom is 0.278 e. The molecule has 1 aliphatic carbocycles. The first kappa shape index (κ1) is 18.6. The van der Waals surface area contributed by atoms with Crippen LogP contribution >= 0.6 is 0 Å². The van der Waals surface area contributed by atoms with Crippen molar-refractivity contribution in [3.63, 3.8) is 0 Å². The lowest BCUT2D eigenvalue weighted by Gasteiger charge is -2.55. The molecule has 1 aromatic rings. The molecule has 6 nitrogen and oxygen atoms in total. The molecule has 0 radical (unpaired) electrons. The molecule has 0 spiro atoms. The number of rotatable bonds is 5. The molecule has 1 fully saturated rings. The fourth-order valence-corrected chi connectivity index (χ4v) is 5.30. The zero-order chi connectivity index (χ0) is 18.4.